The number of fused-ring (bicyclic) bond motifs is 1. The summed E-state index contributed by atoms with van der Waals surface area (Å²) in [5.41, 5.74) is 1.04. The van der Waals surface area contributed by atoms with Crippen molar-refractivity contribution >= 4 is 33.2 Å². The second kappa shape index (κ2) is 3.74. The van der Waals surface area contributed by atoms with E-state index in [1.165, 1.54) is 16.0 Å². The topological polar surface area (TPSA) is 24.9 Å². The first-order chi connectivity index (χ1) is 7.31. The monoisotopic (exact) mass is 238 g/mol. The number of nitrogens with one attached hydrogen (secondary N) is 1. The lowest BCUT2D eigenvalue weighted by Gasteiger charge is -2.26. The van der Waals surface area contributed by atoms with Crippen LogP contribution in [-0.4, -0.2) is 18.1 Å². The van der Waals surface area contributed by atoms with Crippen LogP contribution in [0.1, 0.15) is 4.88 Å². The molecule has 1 aliphatic heterocycles. The molecule has 0 aromatic carbocycles. The summed E-state index contributed by atoms with van der Waals surface area (Å²) in [6, 6.07) is 6.08. The van der Waals surface area contributed by atoms with Gasteiger partial charge in [-0.3, -0.25) is 0 Å². The van der Waals surface area contributed by atoms with Crippen molar-refractivity contribution in [2.45, 2.75) is 6.42 Å². The van der Waals surface area contributed by atoms with Gasteiger partial charge in [0.2, 0.25) is 0 Å². The summed E-state index contributed by atoms with van der Waals surface area (Å²) in [5.74, 6) is 0.813. The minimum absolute atomic E-state index is 0.581. The van der Waals surface area contributed by atoms with E-state index in [-0.39, 0.29) is 0 Å². The van der Waals surface area contributed by atoms with Gasteiger partial charge in [0, 0.05) is 4.88 Å². The molecule has 4 heteroatoms. The SMILES string of the molecule is Clc1ccc2sc(CC3CNC3)cc2n1. The highest BCUT2D eigenvalue weighted by atomic mass is 35.5. The van der Waals surface area contributed by atoms with Gasteiger partial charge in [-0.25, -0.2) is 4.98 Å². The highest BCUT2D eigenvalue weighted by Gasteiger charge is 2.18. The van der Waals surface area contributed by atoms with Gasteiger partial charge in [-0.1, -0.05) is 11.6 Å². The maximum Gasteiger partial charge on any atom is 0.129 e. The van der Waals surface area contributed by atoms with E-state index in [4.69, 9.17) is 11.6 Å². The molecule has 1 fully saturated rings. The third-order valence-electron chi connectivity index (χ3n) is 2.75. The van der Waals surface area contributed by atoms with Crippen LogP contribution in [0.4, 0.5) is 0 Å². The molecule has 0 saturated carbocycles. The molecule has 0 amide bonds. The highest BCUT2D eigenvalue weighted by Crippen LogP contribution is 2.27. The predicted molar refractivity (Wildman–Crippen MR) is 64.7 cm³/mol. The molecular formula is C11H11ClN2S. The Morgan fingerprint density at radius 3 is 3.07 bits per heavy atom. The number of rotatable bonds is 2. The van der Waals surface area contributed by atoms with E-state index in [1.807, 2.05) is 17.4 Å². The van der Waals surface area contributed by atoms with Gasteiger partial charge >= 0.3 is 0 Å². The number of hydrogen-bond donors (Lipinski definition) is 1. The smallest absolute Gasteiger partial charge is 0.129 e. The highest BCUT2D eigenvalue weighted by molar-refractivity contribution is 7.19. The Morgan fingerprint density at radius 1 is 1.47 bits per heavy atom. The molecule has 3 heterocycles. The van der Waals surface area contributed by atoms with Crippen LogP contribution in [0.15, 0.2) is 18.2 Å². The van der Waals surface area contributed by atoms with Crippen LogP contribution in [-0.2, 0) is 6.42 Å². The molecule has 0 radical (unpaired) electrons. The van der Waals surface area contributed by atoms with Crippen molar-refractivity contribution in [1.29, 1.82) is 0 Å². The van der Waals surface area contributed by atoms with Gasteiger partial charge < -0.3 is 5.32 Å². The average Bonchev–Trinajstić information content (AvgIpc) is 2.53. The predicted octanol–water partition coefficient (Wildman–Crippen LogP) is 2.71. The Balaban J connectivity index is 1.91. The Kier molecular flexibility index (Phi) is 2.39. The zero-order valence-corrected chi connectivity index (χ0v) is 9.74. The van der Waals surface area contributed by atoms with Crippen LogP contribution >= 0.6 is 22.9 Å². The molecule has 1 saturated heterocycles. The van der Waals surface area contributed by atoms with Gasteiger partial charge in [-0.2, -0.15) is 0 Å². The van der Waals surface area contributed by atoms with Crippen LogP contribution < -0.4 is 5.32 Å². The number of halogens is 1. The summed E-state index contributed by atoms with van der Waals surface area (Å²) in [4.78, 5) is 5.73. The van der Waals surface area contributed by atoms with Crippen LogP contribution in [0.3, 0.4) is 0 Å². The second-order valence-corrected chi connectivity index (χ2v) is 5.51. The van der Waals surface area contributed by atoms with Gasteiger partial charge in [0.25, 0.3) is 0 Å². The van der Waals surface area contributed by atoms with Crippen molar-refractivity contribution in [3.05, 3.63) is 28.2 Å². The van der Waals surface area contributed by atoms with Crippen molar-refractivity contribution < 1.29 is 0 Å². The summed E-state index contributed by atoms with van der Waals surface area (Å²) in [6.07, 6.45) is 1.17. The first-order valence-corrected chi connectivity index (χ1v) is 6.26. The van der Waals surface area contributed by atoms with Gasteiger partial charge in [-0.05, 0) is 43.6 Å². The first kappa shape index (κ1) is 9.58. The van der Waals surface area contributed by atoms with Crippen molar-refractivity contribution in [2.75, 3.05) is 13.1 Å². The lowest BCUT2D eigenvalue weighted by molar-refractivity contribution is 0.348. The van der Waals surface area contributed by atoms with Crippen molar-refractivity contribution in [2.24, 2.45) is 5.92 Å². The normalized spacial score (nSPS) is 16.9. The summed E-state index contributed by atoms with van der Waals surface area (Å²) in [6.45, 7) is 2.31. The summed E-state index contributed by atoms with van der Waals surface area (Å²) >= 11 is 7.69. The maximum atomic E-state index is 5.86. The quantitative estimate of drug-likeness (QED) is 0.814. The number of thiophene rings is 1. The molecule has 1 N–H and O–H groups in total. The fourth-order valence-corrected chi connectivity index (χ4v) is 3.10. The van der Waals surface area contributed by atoms with Crippen molar-refractivity contribution in [1.82, 2.24) is 10.3 Å². The standard InChI is InChI=1S/C11H11ClN2S/c12-11-2-1-10-9(14-11)4-8(15-10)3-7-5-13-6-7/h1-2,4,7,13H,3,5-6H2. The maximum absolute atomic E-state index is 5.86. The summed E-state index contributed by atoms with van der Waals surface area (Å²) in [5, 5.41) is 3.87. The molecule has 3 rings (SSSR count). The number of hydrogen-bond acceptors (Lipinski definition) is 3. The van der Waals surface area contributed by atoms with Gasteiger partial charge in [0.1, 0.15) is 5.15 Å². The minimum atomic E-state index is 0.581. The van der Waals surface area contributed by atoms with Gasteiger partial charge in [-0.15, -0.1) is 11.3 Å². The molecule has 1 aliphatic rings. The van der Waals surface area contributed by atoms with Crippen LogP contribution in [0.25, 0.3) is 10.2 Å². The van der Waals surface area contributed by atoms with E-state index < -0.39 is 0 Å². The lowest BCUT2D eigenvalue weighted by atomic mass is 9.99. The molecule has 2 nitrogen and oxygen atoms in total. The molecule has 0 bridgehead atoms. The van der Waals surface area contributed by atoms with Crippen LogP contribution in [0.2, 0.25) is 5.15 Å². The number of nitrogens with zero attached hydrogens (tertiary/aromatic N) is 1. The third kappa shape index (κ3) is 1.87. The zero-order chi connectivity index (χ0) is 10.3. The Bertz CT molecular complexity index is 490. The number of aromatic nitrogens is 1. The molecule has 0 aliphatic carbocycles. The summed E-state index contributed by atoms with van der Waals surface area (Å²) in [7, 11) is 0. The third-order valence-corrected chi connectivity index (χ3v) is 4.07. The molecule has 78 valence electrons. The molecule has 2 aromatic heterocycles. The van der Waals surface area contributed by atoms with E-state index in [1.54, 1.807) is 0 Å². The Labute approximate surface area is 97.3 Å². The molecular weight excluding hydrogens is 228 g/mol. The largest absolute Gasteiger partial charge is 0.316 e. The minimum Gasteiger partial charge on any atom is -0.316 e. The molecule has 0 atom stereocenters. The fraction of sp³-hybridized carbons (Fsp3) is 0.364. The van der Waals surface area contributed by atoms with E-state index >= 15 is 0 Å². The van der Waals surface area contributed by atoms with Crippen LogP contribution in [0, 0.1) is 5.92 Å². The van der Waals surface area contributed by atoms with E-state index in [0.717, 1.165) is 24.5 Å². The summed E-state index contributed by atoms with van der Waals surface area (Å²) < 4.78 is 1.24. The van der Waals surface area contributed by atoms with Crippen molar-refractivity contribution in [3.8, 4) is 0 Å². The van der Waals surface area contributed by atoms with Gasteiger partial charge in [0.05, 0.1) is 10.2 Å². The molecule has 2 aromatic rings. The lowest BCUT2D eigenvalue weighted by Crippen LogP contribution is -2.42. The second-order valence-electron chi connectivity index (χ2n) is 3.96. The average molecular weight is 239 g/mol. The fourth-order valence-electron chi connectivity index (χ4n) is 1.83. The molecule has 0 unspecified atom stereocenters. The van der Waals surface area contributed by atoms with Gasteiger partial charge in [0.15, 0.2) is 0 Å². The van der Waals surface area contributed by atoms with E-state index in [2.05, 4.69) is 22.4 Å². The zero-order valence-electron chi connectivity index (χ0n) is 8.16. The molecule has 0 spiro atoms. The Hall–Kier alpha value is -0.640. The van der Waals surface area contributed by atoms with Crippen LogP contribution in [0.5, 0.6) is 0 Å². The number of pyridine rings is 1. The molecule has 15 heavy (non-hydrogen) atoms. The first-order valence-electron chi connectivity index (χ1n) is 5.07. The Morgan fingerprint density at radius 2 is 2.33 bits per heavy atom. The van der Waals surface area contributed by atoms with E-state index in [9.17, 15) is 0 Å². The van der Waals surface area contributed by atoms with E-state index in [0.29, 0.717) is 5.15 Å². The van der Waals surface area contributed by atoms with Crippen molar-refractivity contribution in [3.63, 3.8) is 0 Å².